The normalized spacial score (nSPS) is 18.6. The molecule has 4 nitrogen and oxygen atoms in total. The topological polar surface area (TPSA) is 41.6 Å². The molecule has 0 spiro atoms. The van der Waals surface area contributed by atoms with Gasteiger partial charge >= 0.3 is 0 Å². The lowest BCUT2D eigenvalue weighted by atomic mass is 10.1. The number of hydrogen-bond acceptors (Lipinski definition) is 3. The Morgan fingerprint density at radius 3 is 2.72 bits per heavy atom. The zero-order valence-corrected chi connectivity index (χ0v) is 11.9. The number of amides is 1. The number of carbonyl (C=O) groups excluding carboxylic acids is 1. The molecule has 1 saturated heterocycles. The fourth-order valence-corrected chi connectivity index (χ4v) is 2.34. The standard InChI is InChI=1S/C14H28N2O2/c1-3-18-13(2)12-15-14(17)8-7-11-16-9-5-4-6-10-16/h13H,3-12H2,1-2H3,(H,15,17). The second kappa shape index (κ2) is 9.34. The molecule has 106 valence electrons. The third kappa shape index (κ3) is 6.97. The van der Waals surface area contributed by atoms with E-state index in [0.717, 1.165) is 13.0 Å². The van der Waals surface area contributed by atoms with Crippen molar-refractivity contribution in [3.63, 3.8) is 0 Å². The van der Waals surface area contributed by atoms with Crippen molar-refractivity contribution in [3.8, 4) is 0 Å². The van der Waals surface area contributed by atoms with Gasteiger partial charge in [0, 0.05) is 19.6 Å². The van der Waals surface area contributed by atoms with Gasteiger partial charge in [0.2, 0.25) is 5.91 Å². The van der Waals surface area contributed by atoms with Crippen LogP contribution in [0.25, 0.3) is 0 Å². The van der Waals surface area contributed by atoms with Crippen molar-refractivity contribution in [2.45, 2.75) is 52.1 Å². The number of likely N-dealkylation sites (tertiary alicyclic amines) is 1. The Morgan fingerprint density at radius 1 is 1.33 bits per heavy atom. The van der Waals surface area contributed by atoms with E-state index in [1.165, 1.54) is 32.4 Å². The molecule has 0 bridgehead atoms. The van der Waals surface area contributed by atoms with Crippen LogP contribution in [0.15, 0.2) is 0 Å². The Hall–Kier alpha value is -0.610. The number of hydrogen-bond donors (Lipinski definition) is 1. The molecule has 1 aliphatic rings. The Kier molecular flexibility index (Phi) is 8.01. The predicted molar refractivity (Wildman–Crippen MR) is 73.6 cm³/mol. The Labute approximate surface area is 111 Å². The first-order valence-corrected chi connectivity index (χ1v) is 7.33. The summed E-state index contributed by atoms with van der Waals surface area (Å²) in [4.78, 5) is 14.1. The first-order chi connectivity index (χ1) is 8.72. The lowest BCUT2D eigenvalue weighted by Gasteiger charge is -2.26. The summed E-state index contributed by atoms with van der Waals surface area (Å²) >= 11 is 0. The van der Waals surface area contributed by atoms with Crippen LogP contribution in [-0.2, 0) is 9.53 Å². The predicted octanol–water partition coefficient (Wildman–Crippen LogP) is 1.79. The molecular weight excluding hydrogens is 228 g/mol. The number of ether oxygens (including phenoxy) is 1. The Balaban J connectivity index is 1.99. The van der Waals surface area contributed by atoms with Gasteiger partial charge in [-0.1, -0.05) is 6.42 Å². The van der Waals surface area contributed by atoms with Gasteiger partial charge in [-0.2, -0.15) is 0 Å². The third-order valence-electron chi connectivity index (χ3n) is 3.36. The molecule has 0 aliphatic carbocycles. The van der Waals surface area contributed by atoms with Gasteiger partial charge in [0.15, 0.2) is 0 Å². The Bertz CT molecular complexity index is 228. The highest BCUT2D eigenvalue weighted by Gasteiger charge is 2.10. The average molecular weight is 256 g/mol. The van der Waals surface area contributed by atoms with Crippen molar-refractivity contribution in [2.75, 3.05) is 32.8 Å². The lowest BCUT2D eigenvalue weighted by Crippen LogP contribution is -2.34. The zero-order valence-electron chi connectivity index (χ0n) is 11.9. The fraction of sp³-hybridized carbons (Fsp3) is 0.929. The minimum atomic E-state index is 0.112. The monoisotopic (exact) mass is 256 g/mol. The second-order valence-electron chi connectivity index (χ2n) is 5.08. The van der Waals surface area contributed by atoms with Gasteiger partial charge in [0.25, 0.3) is 0 Å². The molecule has 18 heavy (non-hydrogen) atoms. The zero-order chi connectivity index (χ0) is 13.2. The Morgan fingerprint density at radius 2 is 2.06 bits per heavy atom. The van der Waals surface area contributed by atoms with Crippen LogP contribution < -0.4 is 5.32 Å². The molecule has 1 fully saturated rings. The fourth-order valence-electron chi connectivity index (χ4n) is 2.34. The molecule has 0 aromatic carbocycles. The van der Waals surface area contributed by atoms with E-state index in [-0.39, 0.29) is 12.0 Å². The van der Waals surface area contributed by atoms with Crippen LogP contribution in [0.2, 0.25) is 0 Å². The number of nitrogens with one attached hydrogen (secondary N) is 1. The van der Waals surface area contributed by atoms with Crippen LogP contribution in [0.1, 0.15) is 46.0 Å². The summed E-state index contributed by atoms with van der Waals surface area (Å²) in [6, 6.07) is 0. The summed E-state index contributed by atoms with van der Waals surface area (Å²) in [6.07, 6.45) is 5.72. The van der Waals surface area contributed by atoms with Gasteiger partial charge in [0.05, 0.1) is 6.10 Å². The minimum Gasteiger partial charge on any atom is -0.377 e. The molecule has 0 radical (unpaired) electrons. The summed E-state index contributed by atoms with van der Waals surface area (Å²) in [5, 5.41) is 2.92. The molecule has 1 rings (SSSR count). The highest BCUT2D eigenvalue weighted by Crippen LogP contribution is 2.09. The molecule has 1 atom stereocenters. The maximum absolute atomic E-state index is 11.6. The van der Waals surface area contributed by atoms with Gasteiger partial charge in [0.1, 0.15) is 0 Å². The van der Waals surface area contributed by atoms with Crippen LogP contribution in [-0.4, -0.2) is 49.7 Å². The maximum atomic E-state index is 11.6. The minimum absolute atomic E-state index is 0.112. The van der Waals surface area contributed by atoms with Crippen LogP contribution in [0.4, 0.5) is 0 Å². The molecule has 1 N–H and O–H groups in total. The summed E-state index contributed by atoms with van der Waals surface area (Å²) in [5.74, 6) is 0.151. The highest BCUT2D eigenvalue weighted by atomic mass is 16.5. The lowest BCUT2D eigenvalue weighted by molar-refractivity contribution is -0.121. The van der Waals surface area contributed by atoms with Gasteiger partial charge in [-0.15, -0.1) is 0 Å². The van der Waals surface area contributed by atoms with E-state index in [1.54, 1.807) is 0 Å². The van der Waals surface area contributed by atoms with E-state index in [4.69, 9.17) is 4.74 Å². The van der Waals surface area contributed by atoms with Gasteiger partial charge in [-0.05, 0) is 52.7 Å². The first-order valence-electron chi connectivity index (χ1n) is 7.33. The van der Waals surface area contributed by atoms with Crippen LogP contribution in [0.5, 0.6) is 0 Å². The van der Waals surface area contributed by atoms with Crippen molar-refractivity contribution < 1.29 is 9.53 Å². The van der Waals surface area contributed by atoms with Gasteiger partial charge < -0.3 is 15.0 Å². The van der Waals surface area contributed by atoms with Crippen molar-refractivity contribution >= 4 is 5.91 Å². The first kappa shape index (κ1) is 15.4. The average Bonchev–Trinajstić information content (AvgIpc) is 2.38. The molecule has 4 heteroatoms. The van der Waals surface area contributed by atoms with E-state index >= 15 is 0 Å². The van der Waals surface area contributed by atoms with Crippen LogP contribution in [0.3, 0.4) is 0 Å². The van der Waals surface area contributed by atoms with Gasteiger partial charge in [-0.25, -0.2) is 0 Å². The summed E-state index contributed by atoms with van der Waals surface area (Å²) in [6.45, 7) is 8.76. The quantitative estimate of drug-likeness (QED) is 0.720. The molecule has 0 aromatic heterocycles. The SMILES string of the molecule is CCOC(C)CNC(=O)CCCN1CCCCC1. The molecule has 0 saturated carbocycles. The molecule has 0 aromatic rings. The van der Waals surface area contributed by atoms with Crippen LogP contribution >= 0.6 is 0 Å². The summed E-state index contributed by atoms with van der Waals surface area (Å²) in [5.41, 5.74) is 0. The number of carbonyl (C=O) groups is 1. The highest BCUT2D eigenvalue weighted by molar-refractivity contribution is 5.75. The van der Waals surface area contributed by atoms with Crippen molar-refractivity contribution in [2.24, 2.45) is 0 Å². The molecular formula is C14H28N2O2. The van der Waals surface area contributed by atoms with E-state index in [1.807, 2.05) is 13.8 Å². The van der Waals surface area contributed by atoms with Gasteiger partial charge in [-0.3, -0.25) is 4.79 Å². The van der Waals surface area contributed by atoms with E-state index in [9.17, 15) is 4.79 Å². The van der Waals surface area contributed by atoms with Crippen molar-refractivity contribution in [3.05, 3.63) is 0 Å². The maximum Gasteiger partial charge on any atom is 0.220 e. The van der Waals surface area contributed by atoms with E-state index in [2.05, 4.69) is 10.2 Å². The van der Waals surface area contributed by atoms with Crippen molar-refractivity contribution in [1.82, 2.24) is 10.2 Å². The summed E-state index contributed by atoms with van der Waals surface area (Å²) in [7, 11) is 0. The second-order valence-corrected chi connectivity index (χ2v) is 5.08. The van der Waals surface area contributed by atoms with Crippen LogP contribution in [0, 0.1) is 0 Å². The third-order valence-corrected chi connectivity index (χ3v) is 3.36. The molecule has 1 heterocycles. The molecule has 1 unspecified atom stereocenters. The number of piperidine rings is 1. The van der Waals surface area contributed by atoms with E-state index in [0.29, 0.717) is 19.6 Å². The molecule has 1 aliphatic heterocycles. The summed E-state index contributed by atoms with van der Waals surface area (Å²) < 4.78 is 5.37. The number of nitrogens with zero attached hydrogens (tertiary/aromatic N) is 1. The molecule has 1 amide bonds. The van der Waals surface area contributed by atoms with E-state index < -0.39 is 0 Å². The largest absolute Gasteiger partial charge is 0.377 e. The smallest absolute Gasteiger partial charge is 0.220 e. The van der Waals surface area contributed by atoms with Crippen molar-refractivity contribution in [1.29, 1.82) is 0 Å². The number of rotatable bonds is 8.